The third kappa shape index (κ3) is 4.76. The molecular formula is C18H28N4O3. The molecule has 2 heterocycles. The van der Waals surface area contributed by atoms with E-state index in [9.17, 15) is 9.59 Å². The van der Waals surface area contributed by atoms with E-state index in [0.29, 0.717) is 30.1 Å². The number of nitrogens with one attached hydrogen (secondary N) is 2. The summed E-state index contributed by atoms with van der Waals surface area (Å²) >= 11 is 0. The predicted molar refractivity (Wildman–Crippen MR) is 95.7 cm³/mol. The number of amides is 2. The SMILES string of the molecule is COCC1(CNC(=O)c2ccc(C(=O)N(C)C)nc2C)CCNCC1. The number of piperidine rings is 1. The molecule has 2 amide bonds. The van der Waals surface area contributed by atoms with Gasteiger partial charge in [-0.1, -0.05) is 0 Å². The lowest BCUT2D eigenvalue weighted by Gasteiger charge is -2.37. The number of carbonyl (C=O) groups excluding carboxylic acids is 2. The maximum absolute atomic E-state index is 12.6. The van der Waals surface area contributed by atoms with Gasteiger partial charge >= 0.3 is 0 Å². The average Bonchev–Trinajstić information content (AvgIpc) is 2.60. The quantitative estimate of drug-likeness (QED) is 0.796. The lowest BCUT2D eigenvalue weighted by atomic mass is 9.79. The van der Waals surface area contributed by atoms with Gasteiger partial charge in [0.25, 0.3) is 11.8 Å². The van der Waals surface area contributed by atoms with Crippen molar-refractivity contribution in [3.8, 4) is 0 Å². The highest BCUT2D eigenvalue weighted by Crippen LogP contribution is 2.28. The normalized spacial score (nSPS) is 16.3. The van der Waals surface area contributed by atoms with Crippen molar-refractivity contribution < 1.29 is 14.3 Å². The number of rotatable bonds is 6. The molecule has 0 spiro atoms. The van der Waals surface area contributed by atoms with Gasteiger partial charge in [-0.05, 0) is 45.0 Å². The van der Waals surface area contributed by atoms with Crippen LogP contribution in [0.25, 0.3) is 0 Å². The minimum Gasteiger partial charge on any atom is -0.384 e. The maximum atomic E-state index is 12.6. The van der Waals surface area contributed by atoms with Crippen LogP contribution >= 0.6 is 0 Å². The summed E-state index contributed by atoms with van der Waals surface area (Å²) in [4.78, 5) is 30.3. The van der Waals surface area contributed by atoms with Crippen LogP contribution in [-0.2, 0) is 4.74 Å². The Bertz CT molecular complexity index is 619. The molecule has 0 unspecified atom stereocenters. The summed E-state index contributed by atoms with van der Waals surface area (Å²) in [6, 6.07) is 3.26. The van der Waals surface area contributed by atoms with Crippen molar-refractivity contribution in [2.75, 3.05) is 47.4 Å². The highest BCUT2D eigenvalue weighted by Gasteiger charge is 2.32. The average molecular weight is 348 g/mol. The topological polar surface area (TPSA) is 83.6 Å². The molecule has 0 aliphatic carbocycles. The van der Waals surface area contributed by atoms with Crippen LogP contribution in [0.1, 0.15) is 39.4 Å². The molecule has 7 nitrogen and oxygen atoms in total. The van der Waals surface area contributed by atoms with E-state index in [4.69, 9.17) is 4.74 Å². The van der Waals surface area contributed by atoms with Crippen LogP contribution in [-0.4, -0.2) is 69.1 Å². The molecule has 1 aromatic heterocycles. The number of ether oxygens (including phenoxy) is 1. The molecule has 1 aliphatic rings. The Hall–Kier alpha value is -1.99. The molecule has 0 bridgehead atoms. The second kappa shape index (κ2) is 8.40. The maximum Gasteiger partial charge on any atom is 0.271 e. The molecule has 25 heavy (non-hydrogen) atoms. The number of aryl methyl sites for hydroxylation is 1. The minimum absolute atomic E-state index is 0.0299. The molecule has 138 valence electrons. The first-order chi connectivity index (χ1) is 11.9. The van der Waals surface area contributed by atoms with Crippen LogP contribution in [0.15, 0.2) is 12.1 Å². The fraction of sp³-hybridized carbons (Fsp3) is 0.611. The molecule has 7 heteroatoms. The Labute approximate surface area is 149 Å². The molecule has 1 saturated heterocycles. The van der Waals surface area contributed by atoms with Crippen molar-refractivity contribution in [2.24, 2.45) is 5.41 Å². The van der Waals surface area contributed by atoms with E-state index < -0.39 is 0 Å². The zero-order valence-electron chi connectivity index (χ0n) is 15.5. The Morgan fingerprint density at radius 3 is 2.56 bits per heavy atom. The van der Waals surface area contributed by atoms with Crippen LogP contribution in [0.2, 0.25) is 0 Å². The highest BCUT2D eigenvalue weighted by atomic mass is 16.5. The lowest BCUT2D eigenvalue weighted by molar-refractivity contribution is 0.0511. The number of pyridine rings is 1. The largest absolute Gasteiger partial charge is 0.384 e. The first-order valence-corrected chi connectivity index (χ1v) is 8.56. The molecule has 0 saturated carbocycles. The zero-order chi connectivity index (χ0) is 18.4. The predicted octanol–water partition coefficient (Wildman–Crippen LogP) is 0.838. The van der Waals surface area contributed by atoms with Gasteiger partial charge < -0.3 is 20.3 Å². The van der Waals surface area contributed by atoms with E-state index in [0.717, 1.165) is 25.9 Å². The molecular weight excluding hydrogens is 320 g/mol. The summed E-state index contributed by atoms with van der Waals surface area (Å²) < 4.78 is 5.38. The minimum atomic E-state index is -0.177. The van der Waals surface area contributed by atoms with Crippen LogP contribution in [0.4, 0.5) is 0 Å². The number of carbonyl (C=O) groups is 2. The summed E-state index contributed by atoms with van der Waals surface area (Å²) in [5.41, 5.74) is 1.36. The van der Waals surface area contributed by atoms with Gasteiger partial charge in [0, 0.05) is 33.2 Å². The van der Waals surface area contributed by atoms with Crippen LogP contribution in [0.3, 0.4) is 0 Å². The molecule has 1 aliphatic heterocycles. The second-order valence-electron chi connectivity index (χ2n) is 6.89. The summed E-state index contributed by atoms with van der Waals surface area (Å²) in [5.74, 6) is -0.341. The van der Waals surface area contributed by atoms with Gasteiger partial charge in [0.05, 0.1) is 17.9 Å². The summed E-state index contributed by atoms with van der Waals surface area (Å²) in [5, 5.41) is 6.36. The summed E-state index contributed by atoms with van der Waals surface area (Å²) in [6.07, 6.45) is 1.93. The molecule has 1 fully saturated rings. The van der Waals surface area contributed by atoms with E-state index >= 15 is 0 Å². The summed E-state index contributed by atoms with van der Waals surface area (Å²) in [7, 11) is 5.04. The number of hydrogen-bond donors (Lipinski definition) is 2. The smallest absolute Gasteiger partial charge is 0.271 e. The van der Waals surface area contributed by atoms with Gasteiger partial charge in [0.15, 0.2) is 0 Å². The number of hydrogen-bond acceptors (Lipinski definition) is 5. The Kier molecular flexibility index (Phi) is 6.50. The number of aromatic nitrogens is 1. The van der Waals surface area contributed by atoms with Crippen molar-refractivity contribution in [1.29, 1.82) is 0 Å². The van der Waals surface area contributed by atoms with Crippen LogP contribution < -0.4 is 10.6 Å². The fourth-order valence-electron chi connectivity index (χ4n) is 3.15. The van der Waals surface area contributed by atoms with E-state index in [1.54, 1.807) is 40.3 Å². The molecule has 0 aromatic carbocycles. The van der Waals surface area contributed by atoms with Gasteiger partial charge in [-0.2, -0.15) is 0 Å². The van der Waals surface area contributed by atoms with Crippen molar-refractivity contribution >= 4 is 11.8 Å². The third-order valence-corrected chi connectivity index (χ3v) is 4.69. The van der Waals surface area contributed by atoms with Gasteiger partial charge in [0.1, 0.15) is 5.69 Å². The molecule has 2 rings (SSSR count). The fourth-order valence-corrected chi connectivity index (χ4v) is 3.15. The third-order valence-electron chi connectivity index (χ3n) is 4.69. The molecule has 0 radical (unpaired) electrons. The molecule has 2 N–H and O–H groups in total. The zero-order valence-corrected chi connectivity index (χ0v) is 15.5. The Morgan fingerprint density at radius 2 is 2.00 bits per heavy atom. The number of methoxy groups -OCH3 is 1. The Balaban J connectivity index is 2.06. The second-order valence-corrected chi connectivity index (χ2v) is 6.89. The van der Waals surface area contributed by atoms with Gasteiger partial charge in [-0.3, -0.25) is 9.59 Å². The first-order valence-electron chi connectivity index (χ1n) is 8.56. The summed E-state index contributed by atoms with van der Waals surface area (Å²) in [6.45, 7) is 4.81. The number of nitrogens with zero attached hydrogens (tertiary/aromatic N) is 2. The van der Waals surface area contributed by atoms with Crippen LogP contribution in [0, 0.1) is 12.3 Å². The highest BCUT2D eigenvalue weighted by molar-refractivity contribution is 5.97. The molecule has 0 atom stereocenters. The Morgan fingerprint density at radius 1 is 1.32 bits per heavy atom. The first kappa shape index (κ1) is 19.3. The van der Waals surface area contributed by atoms with Gasteiger partial charge in [-0.25, -0.2) is 4.98 Å². The van der Waals surface area contributed by atoms with E-state index in [1.165, 1.54) is 4.90 Å². The van der Waals surface area contributed by atoms with E-state index in [-0.39, 0.29) is 17.2 Å². The van der Waals surface area contributed by atoms with Gasteiger partial charge in [0.2, 0.25) is 0 Å². The standard InChI is InChI=1S/C18H28N4O3/c1-13-14(5-6-15(21-13)17(24)22(2)3)16(23)20-11-18(12-25-4)7-9-19-10-8-18/h5-6,19H,7-12H2,1-4H3,(H,20,23). The van der Waals surface area contributed by atoms with Crippen molar-refractivity contribution in [2.45, 2.75) is 19.8 Å². The lowest BCUT2D eigenvalue weighted by Crippen LogP contribution is -2.47. The van der Waals surface area contributed by atoms with E-state index in [2.05, 4.69) is 15.6 Å². The van der Waals surface area contributed by atoms with Crippen molar-refractivity contribution in [3.63, 3.8) is 0 Å². The van der Waals surface area contributed by atoms with Crippen molar-refractivity contribution in [3.05, 3.63) is 29.1 Å². The van der Waals surface area contributed by atoms with Crippen molar-refractivity contribution in [1.82, 2.24) is 20.5 Å². The van der Waals surface area contributed by atoms with E-state index in [1.807, 2.05) is 0 Å². The molecule has 1 aromatic rings. The van der Waals surface area contributed by atoms with Gasteiger partial charge in [-0.15, -0.1) is 0 Å². The van der Waals surface area contributed by atoms with Crippen LogP contribution in [0.5, 0.6) is 0 Å². The monoisotopic (exact) mass is 348 g/mol.